The van der Waals surface area contributed by atoms with Crippen molar-refractivity contribution >= 4 is 22.6 Å². The molecule has 0 fully saturated rings. The van der Waals surface area contributed by atoms with E-state index in [1.54, 1.807) is 19.9 Å². The molecule has 94 valence electrons. The van der Waals surface area contributed by atoms with Gasteiger partial charge in [0.1, 0.15) is 6.07 Å². The largest absolute Gasteiger partial charge is 0.293 e. The summed E-state index contributed by atoms with van der Waals surface area (Å²) in [5.74, 6) is -0.276. The van der Waals surface area contributed by atoms with Gasteiger partial charge in [-0.2, -0.15) is 5.26 Å². The van der Waals surface area contributed by atoms with Gasteiger partial charge >= 0.3 is 0 Å². The van der Waals surface area contributed by atoms with Gasteiger partial charge in [0, 0.05) is 5.92 Å². The molecular weight excluding hydrogens is 234 g/mol. The number of carbonyl (C=O) groups is 1. The van der Waals surface area contributed by atoms with Crippen molar-refractivity contribution < 1.29 is 4.79 Å². The van der Waals surface area contributed by atoms with Crippen molar-refractivity contribution in [1.82, 2.24) is 0 Å². The highest BCUT2D eigenvalue weighted by molar-refractivity contribution is 6.04. The second kappa shape index (κ2) is 5.49. The second-order valence-electron chi connectivity index (χ2n) is 4.80. The number of fused-ring (bicyclic) bond motifs is 1. The van der Waals surface area contributed by atoms with E-state index in [9.17, 15) is 4.79 Å². The second-order valence-corrected chi connectivity index (χ2v) is 4.80. The van der Waals surface area contributed by atoms with Gasteiger partial charge in [0.05, 0.1) is 5.57 Å². The molecule has 0 saturated heterocycles. The minimum atomic E-state index is -0.161. The Labute approximate surface area is 113 Å². The van der Waals surface area contributed by atoms with Crippen LogP contribution in [-0.4, -0.2) is 5.78 Å². The van der Waals surface area contributed by atoms with Gasteiger partial charge in [-0.1, -0.05) is 50.2 Å². The topological polar surface area (TPSA) is 40.9 Å². The third-order valence-electron chi connectivity index (χ3n) is 2.99. The maximum absolute atomic E-state index is 11.9. The van der Waals surface area contributed by atoms with Crippen LogP contribution in [0, 0.1) is 17.2 Å². The molecule has 0 aromatic heterocycles. The highest BCUT2D eigenvalue weighted by Gasteiger charge is 2.13. The summed E-state index contributed by atoms with van der Waals surface area (Å²) in [4.78, 5) is 11.9. The van der Waals surface area contributed by atoms with Crippen molar-refractivity contribution in [2.75, 3.05) is 0 Å². The summed E-state index contributed by atoms with van der Waals surface area (Å²) in [6.07, 6.45) is 1.66. The molecule has 0 saturated carbocycles. The first-order valence-electron chi connectivity index (χ1n) is 6.26. The molecular formula is C17H15NO. The number of hydrogen-bond donors (Lipinski definition) is 0. The normalized spacial score (nSPS) is 11.6. The molecule has 0 N–H and O–H groups in total. The molecule has 0 heterocycles. The number of nitriles is 1. The van der Waals surface area contributed by atoms with Crippen LogP contribution in [0.1, 0.15) is 19.4 Å². The zero-order valence-electron chi connectivity index (χ0n) is 11.1. The van der Waals surface area contributed by atoms with E-state index in [4.69, 9.17) is 5.26 Å². The number of rotatable bonds is 3. The number of allylic oxidation sites excluding steroid dienone is 1. The van der Waals surface area contributed by atoms with Gasteiger partial charge in [0.2, 0.25) is 0 Å². The first-order chi connectivity index (χ1) is 9.11. The molecule has 2 aromatic carbocycles. The maximum atomic E-state index is 11.9. The average Bonchev–Trinajstić information content (AvgIpc) is 2.43. The van der Waals surface area contributed by atoms with Crippen molar-refractivity contribution in [3.63, 3.8) is 0 Å². The van der Waals surface area contributed by atoms with Gasteiger partial charge in [-0.25, -0.2) is 0 Å². The Hall–Kier alpha value is -2.40. The van der Waals surface area contributed by atoms with E-state index in [1.807, 2.05) is 48.5 Å². The Morgan fingerprint density at radius 2 is 1.84 bits per heavy atom. The van der Waals surface area contributed by atoms with Crippen LogP contribution >= 0.6 is 0 Å². The molecule has 2 aromatic rings. The van der Waals surface area contributed by atoms with Crippen LogP contribution < -0.4 is 0 Å². The fraction of sp³-hybridized carbons (Fsp3) is 0.176. The molecule has 0 radical (unpaired) electrons. The van der Waals surface area contributed by atoms with Crippen LogP contribution in [0.15, 0.2) is 48.0 Å². The lowest BCUT2D eigenvalue weighted by molar-refractivity contribution is -0.117. The number of carbonyl (C=O) groups excluding carboxylic acids is 1. The smallest absolute Gasteiger partial charge is 0.175 e. The molecule has 0 aliphatic rings. The van der Waals surface area contributed by atoms with E-state index in [-0.39, 0.29) is 17.3 Å². The lowest BCUT2D eigenvalue weighted by Crippen LogP contribution is -2.08. The fourth-order valence-electron chi connectivity index (χ4n) is 1.93. The quantitative estimate of drug-likeness (QED) is 0.610. The van der Waals surface area contributed by atoms with E-state index < -0.39 is 0 Å². The lowest BCUT2D eigenvalue weighted by Gasteiger charge is -2.03. The van der Waals surface area contributed by atoms with Crippen LogP contribution in [0.5, 0.6) is 0 Å². The van der Waals surface area contributed by atoms with Crippen LogP contribution in [0.3, 0.4) is 0 Å². The maximum Gasteiger partial charge on any atom is 0.175 e. The highest BCUT2D eigenvalue weighted by atomic mass is 16.1. The first kappa shape index (κ1) is 13.0. The van der Waals surface area contributed by atoms with E-state index >= 15 is 0 Å². The Bertz CT molecular complexity index is 690. The zero-order chi connectivity index (χ0) is 13.8. The first-order valence-corrected chi connectivity index (χ1v) is 6.26. The van der Waals surface area contributed by atoms with E-state index in [2.05, 4.69) is 0 Å². The minimum Gasteiger partial charge on any atom is -0.293 e. The minimum absolute atomic E-state index is 0.115. The molecule has 0 unspecified atom stereocenters. The van der Waals surface area contributed by atoms with E-state index in [1.165, 1.54) is 0 Å². The number of hydrogen-bond acceptors (Lipinski definition) is 2. The molecule has 0 aliphatic heterocycles. The van der Waals surface area contributed by atoms with Crippen LogP contribution in [-0.2, 0) is 4.79 Å². The Morgan fingerprint density at radius 1 is 1.16 bits per heavy atom. The molecule has 0 bridgehead atoms. The van der Waals surface area contributed by atoms with Crippen molar-refractivity contribution in [3.05, 3.63) is 53.6 Å². The summed E-state index contributed by atoms with van der Waals surface area (Å²) < 4.78 is 0. The van der Waals surface area contributed by atoms with E-state index in [0.717, 1.165) is 16.3 Å². The Kier molecular flexibility index (Phi) is 3.77. The summed E-state index contributed by atoms with van der Waals surface area (Å²) in [7, 11) is 0. The Balaban J connectivity index is 2.44. The highest BCUT2D eigenvalue weighted by Crippen LogP contribution is 2.18. The van der Waals surface area contributed by atoms with E-state index in [0.29, 0.717) is 0 Å². The summed E-state index contributed by atoms with van der Waals surface area (Å²) in [6, 6.07) is 15.9. The SMILES string of the molecule is CC(C)C(=O)/C(C#N)=C\c1ccc2ccccc2c1. The molecule has 0 aliphatic carbocycles. The molecule has 19 heavy (non-hydrogen) atoms. The third kappa shape index (κ3) is 2.89. The molecule has 0 amide bonds. The predicted molar refractivity (Wildman–Crippen MR) is 77.4 cm³/mol. The Morgan fingerprint density at radius 3 is 2.47 bits per heavy atom. The fourth-order valence-corrected chi connectivity index (χ4v) is 1.93. The molecule has 0 spiro atoms. The number of ketones is 1. The van der Waals surface area contributed by atoms with Gasteiger partial charge in [0.25, 0.3) is 0 Å². The predicted octanol–water partition coefficient (Wildman–Crippen LogP) is 3.97. The lowest BCUT2D eigenvalue weighted by atomic mass is 9.99. The summed E-state index contributed by atoms with van der Waals surface area (Å²) in [5.41, 5.74) is 1.09. The van der Waals surface area contributed by atoms with Gasteiger partial charge in [0.15, 0.2) is 5.78 Å². The summed E-state index contributed by atoms with van der Waals surface area (Å²) in [6.45, 7) is 3.60. The number of nitrogens with zero attached hydrogens (tertiary/aromatic N) is 1. The van der Waals surface area contributed by atoms with Gasteiger partial charge in [-0.05, 0) is 28.5 Å². The van der Waals surface area contributed by atoms with Gasteiger partial charge in [-0.3, -0.25) is 4.79 Å². The summed E-state index contributed by atoms with van der Waals surface area (Å²) in [5, 5.41) is 11.3. The number of Topliss-reactive ketones (excluding diaryl/α,β-unsaturated/α-hetero) is 1. The molecule has 0 atom stereocenters. The summed E-state index contributed by atoms with van der Waals surface area (Å²) >= 11 is 0. The van der Waals surface area contributed by atoms with Crippen molar-refractivity contribution in [2.45, 2.75) is 13.8 Å². The molecule has 2 nitrogen and oxygen atoms in total. The monoisotopic (exact) mass is 249 g/mol. The van der Waals surface area contributed by atoms with Crippen molar-refractivity contribution in [3.8, 4) is 6.07 Å². The van der Waals surface area contributed by atoms with Crippen LogP contribution in [0.2, 0.25) is 0 Å². The van der Waals surface area contributed by atoms with Crippen molar-refractivity contribution in [2.24, 2.45) is 5.92 Å². The van der Waals surface area contributed by atoms with Gasteiger partial charge in [-0.15, -0.1) is 0 Å². The van der Waals surface area contributed by atoms with Crippen LogP contribution in [0.4, 0.5) is 0 Å². The van der Waals surface area contributed by atoms with Crippen LogP contribution in [0.25, 0.3) is 16.8 Å². The molecule has 2 rings (SSSR count). The molecule has 2 heteroatoms. The zero-order valence-corrected chi connectivity index (χ0v) is 11.1. The number of benzene rings is 2. The standard InChI is InChI=1S/C17H15NO/c1-12(2)17(19)16(11-18)10-13-7-8-14-5-3-4-6-15(14)9-13/h3-10,12H,1-2H3/b16-10-. The average molecular weight is 249 g/mol. The third-order valence-corrected chi connectivity index (χ3v) is 2.99. The van der Waals surface area contributed by atoms with Crippen molar-refractivity contribution in [1.29, 1.82) is 5.26 Å². The van der Waals surface area contributed by atoms with Gasteiger partial charge < -0.3 is 0 Å².